The monoisotopic (exact) mass is 287 g/mol. The van der Waals surface area contributed by atoms with Crippen molar-refractivity contribution < 1.29 is 0 Å². The fourth-order valence-corrected chi connectivity index (χ4v) is 1.78. The maximum atomic E-state index is 4.98. The standard InChI is InChI=1S/C6H4BBr2N3/c7-12-11-1-4-5(8)2-10-3-6(4)9/h1-3,12H/b11-1-. The first-order valence-electron chi connectivity index (χ1n) is 3.03. The molecule has 1 rings (SSSR count). The van der Waals surface area contributed by atoms with E-state index in [0.29, 0.717) is 0 Å². The molecule has 1 heterocycles. The lowest BCUT2D eigenvalue weighted by Crippen LogP contribution is -1.98. The van der Waals surface area contributed by atoms with E-state index in [0.717, 1.165) is 14.5 Å². The molecule has 0 amide bonds. The van der Waals surface area contributed by atoms with Gasteiger partial charge in [0.15, 0.2) is 0 Å². The molecule has 2 radical (unpaired) electrons. The normalized spacial score (nSPS) is 10.5. The van der Waals surface area contributed by atoms with Crippen molar-refractivity contribution in [3.63, 3.8) is 0 Å². The Morgan fingerprint density at radius 1 is 1.42 bits per heavy atom. The van der Waals surface area contributed by atoms with Crippen LogP contribution in [0.1, 0.15) is 5.56 Å². The van der Waals surface area contributed by atoms with E-state index in [9.17, 15) is 0 Å². The van der Waals surface area contributed by atoms with Crippen LogP contribution in [0, 0.1) is 0 Å². The molecule has 1 aromatic heterocycles. The number of nitrogens with zero attached hydrogens (tertiary/aromatic N) is 2. The molecule has 0 aliphatic rings. The summed E-state index contributed by atoms with van der Waals surface area (Å²) in [7, 11) is 4.98. The van der Waals surface area contributed by atoms with Crippen LogP contribution in [0.25, 0.3) is 0 Å². The number of hydrogen-bond acceptors (Lipinski definition) is 3. The Morgan fingerprint density at radius 3 is 2.50 bits per heavy atom. The van der Waals surface area contributed by atoms with Gasteiger partial charge in [-0.05, 0) is 31.9 Å². The minimum atomic E-state index is 0.857. The topological polar surface area (TPSA) is 37.3 Å². The Morgan fingerprint density at radius 2 is 2.00 bits per heavy atom. The Hall–Kier alpha value is -0.355. The van der Waals surface area contributed by atoms with Crippen molar-refractivity contribution in [1.29, 1.82) is 0 Å². The van der Waals surface area contributed by atoms with E-state index in [1.165, 1.54) is 0 Å². The fraction of sp³-hybridized carbons (Fsp3) is 0. The lowest BCUT2D eigenvalue weighted by Gasteiger charge is -1.99. The molecule has 6 heteroatoms. The zero-order valence-electron chi connectivity index (χ0n) is 5.96. The average Bonchev–Trinajstić information content (AvgIpc) is 2.04. The Labute approximate surface area is 88.3 Å². The summed E-state index contributed by atoms with van der Waals surface area (Å²) in [5.74, 6) is 0. The molecule has 60 valence electrons. The van der Waals surface area contributed by atoms with Gasteiger partial charge in [0.25, 0.3) is 7.98 Å². The second-order valence-corrected chi connectivity index (χ2v) is 3.61. The third kappa shape index (κ3) is 2.32. The highest BCUT2D eigenvalue weighted by Gasteiger charge is 2.01. The van der Waals surface area contributed by atoms with E-state index in [2.05, 4.69) is 47.3 Å². The summed E-state index contributed by atoms with van der Waals surface area (Å²) in [6.07, 6.45) is 4.96. The highest BCUT2D eigenvalue weighted by molar-refractivity contribution is 9.11. The van der Waals surface area contributed by atoms with Gasteiger partial charge in [-0.1, -0.05) is 0 Å². The van der Waals surface area contributed by atoms with Crippen LogP contribution in [0.2, 0.25) is 0 Å². The Bertz CT molecular complexity index is 283. The SMILES string of the molecule is [B]N/N=C\c1c(Br)cncc1Br. The van der Waals surface area contributed by atoms with Gasteiger partial charge in [0, 0.05) is 26.9 Å². The van der Waals surface area contributed by atoms with Gasteiger partial charge in [0.1, 0.15) is 0 Å². The van der Waals surface area contributed by atoms with Crippen molar-refractivity contribution in [2.75, 3.05) is 0 Å². The molecule has 0 spiro atoms. The first-order chi connectivity index (χ1) is 5.75. The molecular weight excluding hydrogens is 285 g/mol. The Balaban J connectivity index is 3.04. The number of rotatable bonds is 2. The predicted octanol–water partition coefficient (Wildman–Crippen LogP) is 1.61. The highest BCUT2D eigenvalue weighted by Crippen LogP contribution is 2.21. The van der Waals surface area contributed by atoms with E-state index in [1.54, 1.807) is 18.6 Å². The molecule has 0 aliphatic heterocycles. The van der Waals surface area contributed by atoms with Crippen LogP contribution in [-0.2, 0) is 0 Å². The largest absolute Gasteiger partial charge is 0.366 e. The van der Waals surface area contributed by atoms with Gasteiger partial charge < -0.3 is 5.34 Å². The van der Waals surface area contributed by atoms with Crippen LogP contribution in [-0.4, -0.2) is 19.2 Å². The van der Waals surface area contributed by atoms with Gasteiger partial charge in [-0.25, -0.2) is 5.10 Å². The van der Waals surface area contributed by atoms with E-state index in [1.807, 2.05) is 0 Å². The second kappa shape index (κ2) is 4.62. The number of hydrazone groups is 1. The maximum Gasteiger partial charge on any atom is 0.251 e. The quantitative estimate of drug-likeness (QED) is 0.510. The van der Waals surface area contributed by atoms with Crippen molar-refractivity contribution in [3.8, 4) is 0 Å². The van der Waals surface area contributed by atoms with E-state index in [4.69, 9.17) is 7.98 Å². The first-order valence-corrected chi connectivity index (χ1v) is 4.62. The summed E-state index contributed by atoms with van der Waals surface area (Å²) < 4.78 is 1.71. The van der Waals surface area contributed by atoms with Gasteiger partial charge in [-0.2, -0.15) is 0 Å². The van der Waals surface area contributed by atoms with Crippen molar-refractivity contribution in [2.24, 2.45) is 5.10 Å². The molecular formula is C6H4BBr2N3. The summed E-state index contributed by atoms with van der Waals surface area (Å²) in [5, 5.41) is 5.86. The van der Waals surface area contributed by atoms with E-state index >= 15 is 0 Å². The second-order valence-electron chi connectivity index (χ2n) is 1.90. The third-order valence-electron chi connectivity index (χ3n) is 1.16. The summed E-state index contributed by atoms with van der Waals surface area (Å²) in [5.41, 5.74) is 0.892. The minimum Gasteiger partial charge on any atom is -0.366 e. The van der Waals surface area contributed by atoms with Crippen LogP contribution < -0.4 is 5.34 Å². The van der Waals surface area contributed by atoms with Gasteiger partial charge in [0.2, 0.25) is 0 Å². The smallest absolute Gasteiger partial charge is 0.251 e. The highest BCUT2D eigenvalue weighted by atomic mass is 79.9. The molecule has 1 N–H and O–H groups in total. The van der Waals surface area contributed by atoms with Crippen molar-refractivity contribution >= 4 is 46.1 Å². The number of hydrogen-bond donors (Lipinski definition) is 1. The molecule has 0 saturated carbocycles. The van der Waals surface area contributed by atoms with Crippen LogP contribution >= 0.6 is 31.9 Å². The number of pyridine rings is 1. The third-order valence-corrected chi connectivity index (χ3v) is 2.42. The molecule has 3 nitrogen and oxygen atoms in total. The van der Waals surface area contributed by atoms with Crippen molar-refractivity contribution in [3.05, 3.63) is 26.9 Å². The number of aromatic nitrogens is 1. The van der Waals surface area contributed by atoms with E-state index < -0.39 is 0 Å². The van der Waals surface area contributed by atoms with Crippen LogP contribution in [0.4, 0.5) is 0 Å². The van der Waals surface area contributed by atoms with E-state index in [-0.39, 0.29) is 0 Å². The maximum absolute atomic E-state index is 4.98. The molecule has 0 bridgehead atoms. The van der Waals surface area contributed by atoms with Crippen molar-refractivity contribution in [1.82, 2.24) is 10.3 Å². The first kappa shape index (κ1) is 9.73. The fourth-order valence-electron chi connectivity index (χ4n) is 0.646. The lowest BCUT2D eigenvalue weighted by atomic mass is 10.3. The predicted molar refractivity (Wildman–Crippen MR) is 56.1 cm³/mol. The molecule has 0 fully saturated rings. The van der Waals surface area contributed by atoms with Gasteiger partial charge in [-0.3, -0.25) is 4.98 Å². The minimum absolute atomic E-state index is 0.857. The summed E-state index contributed by atoms with van der Waals surface area (Å²) in [6, 6.07) is 0. The summed E-state index contributed by atoms with van der Waals surface area (Å²) in [6.45, 7) is 0. The number of halogens is 2. The van der Waals surface area contributed by atoms with Crippen LogP contribution in [0.3, 0.4) is 0 Å². The molecule has 0 atom stereocenters. The van der Waals surface area contributed by atoms with Crippen molar-refractivity contribution in [2.45, 2.75) is 0 Å². The van der Waals surface area contributed by atoms with Crippen LogP contribution in [0.5, 0.6) is 0 Å². The molecule has 0 unspecified atom stereocenters. The molecule has 1 aromatic rings. The molecule has 0 saturated heterocycles. The summed E-state index contributed by atoms with van der Waals surface area (Å²) in [4.78, 5) is 3.95. The van der Waals surface area contributed by atoms with Crippen LogP contribution in [0.15, 0.2) is 26.4 Å². The summed E-state index contributed by atoms with van der Waals surface area (Å²) >= 11 is 6.65. The van der Waals surface area contributed by atoms with Gasteiger partial charge in [0.05, 0.1) is 6.21 Å². The van der Waals surface area contributed by atoms with Gasteiger partial charge >= 0.3 is 0 Å². The Kier molecular flexibility index (Phi) is 3.74. The molecule has 0 aromatic carbocycles. The zero-order chi connectivity index (χ0) is 8.97. The lowest BCUT2D eigenvalue weighted by molar-refractivity contribution is 1.10. The molecule has 0 aliphatic carbocycles. The number of nitrogens with one attached hydrogen (secondary N) is 1. The zero-order valence-corrected chi connectivity index (χ0v) is 9.13. The average molecular weight is 289 g/mol. The van der Waals surface area contributed by atoms with Gasteiger partial charge in [-0.15, -0.1) is 0 Å². The molecule has 12 heavy (non-hydrogen) atoms.